The molecular formula is C57H36N2. The Kier molecular flexibility index (Phi) is 7.48. The molecule has 2 heteroatoms. The summed E-state index contributed by atoms with van der Waals surface area (Å²) in [6.45, 7) is 0. The number of fused-ring (bicyclic) bond motifs is 8. The highest BCUT2D eigenvalue weighted by atomic mass is 14.8. The molecule has 0 fully saturated rings. The molecule has 11 aromatic rings. The van der Waals surface area contributed by atoms with Gasteiger partial charge in [-0.2, -0.15) is 0 Å². The van der Waals surface area contributed by atoms with Crippen LogP contribution in [0.1, 0.15) is 22.3 Å². The van der Waals surface area contributed by atoms with Gasteiger partial charge in [-0.25, -0.2) is 9.97 Å². The van der Waals surface area contributed by atoms with E-state index in [1.165, 1.54) is 66.4 Å². The Morgan fingerprint density at radius 2 is 0.898 bits per heavy atom. The molecule has 0 unspecified atom stereocenters. The first-order valence-electron chi connectivity index (χ1n) is 20.3. The summed E-state index contributed by atoms with van der Waals surface area (Å²) in [5.41, 5.74) is 16.9. The van der Waals surface area contributed by atoms with Crippen molar-refractivity contribution in [1.29, 1.82) is 0 Å². The third-order valence-electron chi connectivity index (χ3n) is 12.5. The van der Waals surface area contributed by atoms with Crippen molar-refractivity contribution >= 4 is 43.5 Å². The van der Waals surface area contributed by atoms with Crippen LogP contribution in [0, 0.1) is 0 Å². The number of benzene rings is 9. The van der Waals surface area contributed by atoms with Gasteiger partial charge in [0.2, 0.25) is 0 Å². The fourth-order valence-electron chi connectivity index (χ4n) is 9.82. The van der Waals surface area contributed by atoms with Gasteiger partial charge < -0.3 is 0 Å². The second-order valence-corrected chi connectivity index (χ2v) is 15.7. The maximum absolute atomic E-state index is 5.34. The summed E-state index contributed by atoms with van der Waals surface area (Å²) in [6.07, 6.45) is 0. The Morgan fingerprint density at radius 1 is 0.322 bits per heavy atom. The molecule has 1 aliphatic rings. The molecule has 1 aliphatic carbocycles. The van der Waals surface area contributed by atoms with Crippen molar-refractivity contribution < 1.29 is 0 Å². The fraction of sp³-hybridized carbons (Fsp3) is 0.0175. The van der Waals surface area contributed by atoms with Crippen molar-refractivity contribution in [1.82, 2.24) is 9.97 Å². The van der Waals surface area contributed by atoms with Gasteiger partial charge in [0.15, 0.2) is 0 Å². The van der Waals surface area contributed by atoms with Gasteiger partial charge in [-0.3, -0.25) is 0 Å². The van der Waals surface area contributed by atoms with Crippen LogP contribution in [0.5, 0.6) is 0 Å². The lowest BCUT2D eigenvalue weighted by molar-refractivity contribution is 0.769. The van der Waals surface area contributed by atoms with E-state index in [9.17, 15) is 0 Å². The van der Waals surface area contributed by atoms with Gasteiger partial charge in [-0.15, -0.1) is 0 Å². The van der Waals surface area contributed by atoms with Crippen molar-refractivity contribution in [3.63, 3.8) is 0 Å². The van der Waals surface area contributed by atoms with Crippen LogP contribution in [0.25, 0.3) is 88.1 Å². The van der Waals surface area contributed by atoms with Gasteiger partial charge in [-0.05, 0) is 91.2 Å². The summed E-state index contributed by atoms with van der Waals surface area (Å²) in [5, 5.41) is 5.71. The lowest BCUT2D eigenvalue weighted by Gasteiger charge is -2.34. The molecule has 0 radical (unpaired) electrons. The normalized spacial score (nSPS) is 12.9. The first kappa shape index (κ1) is 33.5. The average molecular weight is 749 g/mol. The van der Waals surface area contributed by atoms with Gasteiger partial charge in [-0.1, -0.05) is 188 Å². The fourth-order valence-corrected chi connectivity index (χ4v) is 9.82. The van der Waals surface area contributed by atoms with E-state index >= 15 is 0 Å². The highest BCUT2D eigenvalue weighted by Gasteiger charge is 2.46. The van der Waals surface area contributed by atoms with Crippen LogP contribution < -0.4 is 0 Å². The monoisotopic (exact) mass is 748 g/mol. The molecule has 0 aliphatic heterocycles. The van der Waals surface area contributed by atoms with Crippen molar-refractivity contribution in [2.24, 2.45) is 0 Å². The number of rotatable bonds is 5. The average Bonchev–Trinajstić information content (AvgIpc) is 3.61. The minimum atomic E-state index is -0.430. The van der Waals surface area contributed by atoms with Crippen LogP contribution in [0.4, 0.5) is 0 Å². The van der Waals surface area contributed by atoms with Crippen molar-refractivity contribution in [2.75, 3.05) is 0 Å². The Bertz CT molecular complexity index is 3390. The molecule has 274 valence electrons. The van der Waals surface area contributed by atoms with E-state index in [-0.39, 0.29) is 0 Å². The van der Waals surface area contributed by atoms with E-state index in [4.69, 9.17) is 9.97 Å². The third-order valence-corrected chi connectivity index (χ3v) is 12.5. The maximum atomic E-state index is 5.34. The molecule has 2 nitrogen and oxygen atoms in total. The molecule has 9 aromatic carbocycles. The Hall–Kier alpha value is -7.68. The maximum Gasteiger partial charge on any atom is 0.0978 e. The van der Waals surface area contributed by atoms with Crippen LogP contribution in [-0.2, 0) is 5.41 Å². The van der Waals surface area contributed by atoms with E-state index < -0.39 is 5.41 Å². The minimum absolute atomic E-state index is 0.430. The second-order valence-electron chi connectivity index (χ2n) is 15.7. The van der Waals surface area contributed by atoms with E-state index in [2.05, 4.69) is 218 Å². The van der Waals surface area contributed by atoms with Crippen molar-refractivity contribution in [3.8, 4) is 44.6 Å². The van der Waals surface area contributed by atoms with Crippen LogP contribution >= 0.6 is 0 Å². The van der Waals surface area contributed by atoms with Crippen LogP contribution in [-0.4, -0.2) is 9.97 Å². The summed E-state index contributed by atoms with van der Waals surface area (Å²) >= 11 is 0. The van der Waals surface area contributed by atoms with Gasteiger partial charge in [0, 0.05) is 27.3 Å². The standard InChI is InChI=1S/C57H36N2/c1-4-14-37(15-5-1)54-48-21-11-13-23-53(48)59-56-49(54)32-28-38-30-33-52(58-55(38)56)43-27-26-39-34-40(24-25-41(39)35-43)42-29-31-47-46-20-10-12-22-50(46)57(51(47)36-42,44-16-6-2-7-17-44)45-18-8-3-9-19-45/h1-36H. The molecule has 0 bridgehead atoms. The van der Waals surface area contributed by atoms with Gasteiger partial charge >= 0.3 is 0 Å². The Balaban J connectivity index is 0.968. The zero-order valence-corrected chi connectivity index (χ0v) is 32.2. The molecule has 2 heterocycles. The van der Waals surface area contributed by atoms with Gasteiger partial charge in [0.1, 0.15) is 0 Å². The topological polar surface area (TPSA) is 25.8 Å². The predicted octanol–water partition coefficient (Wildman–Crippen LogP) is 14.5. The highest BCUT2D eigenvalue weighted by Crippen LogP contribution is 2.56. The number of hydrogen-bond donors (Lipinski definition) is 0. The van der Waals surface area contributed by atoms with E-state index in [1.54, 1.807) is 0 Å². The van der Waals surface area contributed by atoms with Crippen molar-refractivity contribution in [3.05, 3.63) is 241 Å². The lowest BCUT2D eigenvalue weighted by atomic mass is 9.67. The summed E-state index contributed by atoms with van der Waals surface area (Å²) in [4.78, 5) is 10.6. The SMILES string of the molecule is c1ccc(-c2c3ccccc3nc3c2ccc2ccc(-c4ccc5cc(-c6ccc7c(c6)C(c6ccccc6)(c6ccccc6)c6ccccc6-7)ccc5c4)nc23)cc1. The van der Waals surface area contributed by atoms with Crippen molar-refractivity contribution in [2.45, 2.75) is 5.41 Å². The summed E-state index contributed by atoms with van der Waals surface area (Å²) in [6, 6.07) is 79.4. The van der Waals surface area contributed by atoms with Gasteiger partial charge in [0.05, 0.1) is 27.7 Å². The molecule has 0 amide bonds. The Morgan fingerprint density at radius 3 is 1.68 bits per heavy atom. The molecule has 2 aromatic heterocycles. The number of hydrogen-bond acceptors (Lipinski definition) is 2. The molecule has 0 saturated heterocycles. The zero-order chi connectivity index (χ0) is 38.9. The highest BCUT2D eigenvalue weighted by molar-refractivity contribution is 6.16. The molecular weight excluding hydrogens is 713 g/mol. The van der Waals surface area contributed by atoms with E-state index in [0.717, 1.165) is 44.0 Å². The quantitative estimate of drug-likeness (QED) is 0.129. The first-order valence-corrected chi connectivity index (χ1v) is 20.3. The van der Waals surface area contributed by atoms with Gasteiger partial charge in [0.25, 0.3) is 0 Å². The van der Waals surface area contributed by atoms with Crippen LogP contribution in [0.3, 0.4) is 0 Å². The number of nitrogens with zero attached hydrogens (tertiary/aromatic N) is 2. The summed E-state index contributed by atoms with van der Waals surface area (Å²) in [5.74, 6) is 0. The van der Waals surface area contributed by atoms with E-state index in [1.807, 2.05) is 0 Å². The first-order chi connectivity index (χ1) is 29.2. The smallest absolute Gasteiger partial charge is 0.0978 e. The Labute approximate surface area is 342 Å². The lowest BCUT2D eigenvalue weighted by Crippen LogP contribution is -2.28. The minimum Gasteiger partial charge on any atom is -0.245 e. The molecule has 0 spiro atoms. The third kappa shape index (κ3) is 5.13. The predicted molar refractivity (Wildman–Crippen MR) is 246 cm³/mol. The molecule has 0 saturated carbocycles. The van der Waals surface area contributed by atoms with E-state index in [0.29, 0.717) is 0 Å². The summed E-state index contributed by atoms with van der Waals surface area (Å²) in [7, 11) is 0. The summed E-state index contributed by atoms with van der Waals surface area (Å²) < 4.78 is 0. The zero-order valence-electron chi connectivity index (χ0n) is 32.2. The number of pyridine rings is 2. The van der Waals surface area contributed by atoms with Crippen LogP contribution in [0.2, 0.25) is 0 Å². The molecule has 0 N–H and O–H groups in total. The number of aromatic nitrogens is 2. The van der Waals surface area contributed by atoms with Crippen LogP contribution in [0.15, 0.2) is 218 Å². The molecule has 12 rings (SSSR count). The largest absolute Gasteiger partial charge is 0.245 e. The molecule has 59 heavy (non-hydrogen) atoms. The molecule has 0 atom stereocenters. The second kappa shape index (κ2) is 13.2. The number of para-hydroxylation sites is 1.